The Hall–Kier alpha value is -2.84. The summed E-state index contributed by atoms with van der Waals surface area (Å²) in [6.07, 6.45) is -0.614. The molecule has 0 radical (unpaired) electrons. The Bertz CT molecular complexity index is 814. The molecule has 0 bridgehead atoms. The van der Waals surface area contributed by atoms with E-state index >= 15 is 0 Å². The minimum Gasteiger partial charge on any atom is -0.495 e. The lowest BCUT2D eigenvalue weighted by Gasteiger charge is -2.37. The number of ether oxygens (including phenoxy) is 5. The van der Waals surface area contributed by atoms with Crippen LogP contribution in [0.3, 0.4) is 0 Å². The number of aliphatic hydroxyl groups excluding tert-OH is 1. The number of anilines is 1. The third kappa shape index (κ3) is 5.65. The van der Waals surface area contributed by atoms with E-state index in [0.29, 0.717) is 29.5 Å². The number of nitrogens with zero attached hydrogens (tertiary/aromatic N) is 2. The van der Waals surface area contributed by atoms with Crippen molar-refractivity contribution in [1.82, 2.24) is 4.90 Å². The average Bonchev–Trinajstić information content (AvgIpc) is 2.82. The van der Waals surface area contributed by atoms with E-state index in [4.69, 9.17) is 23.7 Å². The fourth-order valence-corrected chi connectivity index (χ4v) is 3.75. The number of aliphatic hydroxyl groups is 1. The minimum absolute atomic E-state index is 0.172. The Kier molecular flexibility index (Phi) is 8.08. The zero-order chi connectivity index (χ0) is 22.2. The van der Waals surface area contributed by atoms with Gasteiger partial charge in [0.15, 0.2) is 11.5 Å². The van der Waals surface area contributed by atoms with Crippen molar-refractivity contribution >= 4 is 5.69 Å². The second kappa shape index (κ2) is 11.0. The number of hydrogen-bond acceptors (Lipinski definition) is 8. The minimum atomic E-state index is -0.614. The van der Waals surface area contributed by atoms with Crippen LogP contribution in [0.4, 0.5) is 5.69 Å². The van der Waals surface area contributed by atoms with Gasteiger partial charge in [-0.05, 0) is 12.1 Å². The molecule has 1 fully saturated rings. The molecule has 170 valence electrons. The van der Waals surface area contributed by atoms with Gasteiger partial charge in [-0.1, -0.05) is 12.1 Å². The van der Waals surface area contributed by atoms with Crippen LogP contribution in [-0.2, 0) is 0 Å². The summed E-state index contributed by atoms with van der Waals surface area (Å²) in [7, 11) is 6.36. The van der Waals surface area contributed by atoms with Gasteiger partial charge in [-0.15, -0.1) is 0 Å². The summed E-state index contributed by atoms with van der Waals surface area (Å²) in [5.41, 5.74) is 1.11. The molecule has 3 rings (SSSR count). The largest absolute Gasteiger partial charge is 0.495 e. The van der Waals surface area contributed by atoms with E-state index in [9.17, 15) is 5.11 Å². The zero-order valence-corrected chi connectivity index (χ0v) is 18.7. The van der Waals surface area contributed by atoms with Crippen molar-refractivity contribution in [2.45, 2.75) is 6.10 Å². The molecule has 0 unspecified atom stereocenters. The van der Waals surface area contributed by atoms with Gasteiger partial charge >= 0.3 is 0 Å². The zero-order valence-electron chi connectivity index (χ0n) is 18.7. The van der Waals surface area contributed by atoms with E-state index in [1.807, 2.05) is 18.2 Å². The average molecular weight is 433 g/mol. The molecular formula is C23H32N2O6. The molecule has 2 aromatic carbocycles. The molecule has 31 heavy (non-hydrogen) atoms. The number of methoxy groups -OCH3 is 4. The number of para-hydroxylation sites is 2. The first-order valence-corrected chi connectivity index (χ1v) is 10.3. The van der Waals surface area contributed by atoms with E-state index < -0.39 is 6.10 Å². The van der Waals surface area contributed by atoms with Crippen molar-refractivity contribution in [3.8, 4) is 28.7 Å². The third-order valence-electron chi connectivity index (χ3n) is 5.35. The molecule has 8 heteroatoms. The van der Waals surface area contributed by atoms with Crippen LogP contribution in [0.1, 0.15) is 0 Å². The Labute approximate surface area is 183 Å². The highest BCUT2D eigenvalue weighted by atomic mass is 16.5. The van der Waals surface area contributed by atoms with Gasteiger partial charge in [0.1, 0.15) is 24.2 Å². The molecule has 1 heterocycles. The SMILES string of the molecule is COc1ccccc1N1CCN(C[C@@H](O)COc2cc(OC)c(OC)c(OC)c2)CC1. The molecule has 1 saturated heterocycles. The molecule has 0 aliphatic carbocycles. The van der Waals surface area contributed by atoms with Gasteiger partial charge < -0.3 is 33.7 Å². The Morgan fingerprint density at radius 2 is 1.45 bits per heavy atom. The lowest BCUT2D eigenvalue weighted by Crippen LogP contribution is -2.49. The first-order valence-electron chi connectivity index (χ1n) is 10.3. The lowest BCUT2D eigenvalue weighted by atomic mass is 10.2. The highest BCUT2D eigenvalue weighted by Crippen LogP contribution is 2.40. The number of β-amino-alcohol motifs (C(OH)–C–C–N with tert-alkyl or cyclic N) is 1. The second-order valence-corrected chi connectivity index (χ2v) is 7.29. The van der Waals surface area contributed by atoms with Gasteiger partial charge in [-0.25, -0.2) is 0 Å². The van der Waals surface area contributed by atoms with Crippen LogP contribution in [0, 0.1) is 0 Å². The summed E-state index contributed by atoms with van der Waals surface area (Å²) in [4.78, 5) is 4.56. The van der Waals surface area contributed by atoms with E-state index in [1.54, 1.807) is 40.6 Å². The molecule has 0 saturated carbocycles. The first kappa shape index (κ1) is 22.8. The Morgan fingerprint density at radius 3 is 2.03 bits per heavy atom. The maximum Gasteiger partial charge on any atom is 0.203 e. The van der Waals surface area contributed by atoms with Crippen LogP contribution in [0.5, 0.6) is 28.7 Å². The van der Waals surface area contributed by atoms with E-state index in [-0.39, 0.29) is 6.61 Å². The summed E-state index contributed by atoms with van der Waals surface area (Å²) in [6.45, 7) is 4.19. The smallest absolute Gasteiger partial charge is 0.203 e. The molecule has 0 aromatic heterocycles. The standard InChI is InChI=1S/C23H32N2O6/c1-27-20-8-6-5-7-19(20)25-11-9-24(10-12-25)15-17(26)16-31-18-13-21(28-2)23(30-4)22(14-18)29-3/h5-8,13-14,17,26H,9-12,15-16H2,1-4H3/t17-/m1/s1. The van der Waals surface area contributed by atoms with Crippen LogP contribution < -0.4 is 28.6 Å². The third-order valence-corrected chi connectivity index (χ3v) is 5.35. The molecule has 1 N–H and O–H groups in total. The van der Waals surface area contributed by atoms with Gasteiger partial charge in [0.25, 0.3) is 0 Å². The first-order chi connectivity index (χ1) is 15.1. The highest BCUT2D eigenvalue weighted by molar-refractivity contribution is 5.58. The van der Waals surface area contributed by atoms with Crippen LogP contribution in [0.25, 0.3) is 0 Å². The normalized spacial score (nSPS) is 15.3. The van der Waals surface area contributed by atoms with Gasteiger partial charge in [-0.2, -0.15) is 0 Å². The van der Waals surface area contributed by atoms with Crippen LogP contribution >= 0.6 is 0 Å². The summed E-state index contributed by atoms with van der Waals surface area (Å²) < 4.78 is 27.3. The van der Waals surface area contributed by atoms with Gasteiger partial charge in [0.05, 0.1) is 34.1 Å². The van der Waals surface area contributed by atoms with E-state index in [1.165, 1.54) is 0 Å². The predicted molar refractivity (Wildman–Crippen MR) is 119 cm³/mol. The lowest BCUT2D eigenvalue weighted by molar-refractivity contribution is 0.0660. The summed E-state index contributed by atoms with van der Waals surface area (Å²) in [6, 6.07) is 11.5. The van der Waals surface area contributed by atoms with Gasteiger partial charge in [-0.3, -0.25) is 4.90 Å². The van der Waals surface area contributed by atoms with Crippen molar-refractivity contribution in [3.05, 3.63) is 36.4 Å². The van der Waals surface area contributed by atoms with Crippen molar-refractivity contribution < 1.29 is 28.8 Å². The van der Waals surface area contributed by atoms with Gasteiger partial charge in [0.2, 0.25) is 5.75 Å². The maximum atomic E-state index is 10.5. The predicted octanol–water partition coefficient (Wildman–Crippen LogP) is 2.28. The topological polar surface area (TPSA) is 72.9 Å². The molecule has 1 aliphatic rings. The molecule has 2 aromatic rings. The van der Waals surface area contributed by atoms with Crippen LogP contribution in [0.15, 0.2) is 36.4 Å². The summed E-state index contributed by atoms with van der Waals surface area (Å²) >= 11 is 0. The second-order valence-electron chi connectivity index (χ2n) is 7.29. The molecule has 0 spiro atoms. The quantitative estimate of drug-likeness (QED) is 0.613. The van der Waals surface area contributed by atoms with Crippen molar-refractivity contribution in [1.29, 1.82) is 0 Å². The summed E-state index contributed by atoms with van der Waals surface area (Å²) in [5, 5.41) is 10.5. The fourth-order valence-electron chi connectivity index (χ4n) is 3.75. The van der Waals surface area contributed by atoms with Crippen molar-refractivity contribution in [2.24, 2.45) is 0 Å². The van der Waals surface area contributed by atoms with Crippen LogP contribution in [-0.4, -0.2) is 83.9 Å². The molecular weight excluding hydrogens is 400 g/mol. The Morgan fingerprint density at radius 1 is 0.839 bits per heavy atom. The molecule has 1 aliphatic heterocycles. The molecule has 0 amide bonds. The number of piperazine rings is 1. The number of benzene rings is 2. The maximum absolute atomic E-state index is 10.5. The van der Waals surface area contributed by atoms with Crippen LogP contribution in [0.2, 0.25) is 0 Å². The van der Waals surface area contributed by atoms with E-state index in [0.717, 1.165) is 37.6 Å². The van der Waals surface area contributed by atoms with Gasteiger partial charge in [0, 0.05) is 44.9 Å². The van der Waals surface area contributed by atoms with Crippen molar-refractivity contribution in [2.75, 3.05) is 72.7 Å². The van der Waals surface area contributed by atoms with Crippen molar-refractivity contribution in [3.63, 3.8) is 0 Å². The highest BCUT2D eigenvalue weighted by Gasteiger charge is 2.22. The summed E-state index contributed by atoms with van der Waals surface area (Å²) in [5.74, 6) is 2.97. The molecule has 8 nitrogen and oxygen atoms in total. The fraction of sp³-hybridized carbons (Fsp3) is 0.478. The van der Waals surface area contributed by atoms with E-state index in [2.05, 4.69) is 15.9 Å². The number of rotatable bonds is 10. The monoisotopic (exact) mass is 432 g/mol. The molecule has 1 atom stereocenters. The Balaban J connectivity index is 1.50. The number of hydrogen-bond donors (Lipinski definition) is 1.